The van der Waals surface area contributed by atoms with E-state index in [1.54, 1.807) is 19.1 Å². The Morgan fingerprint density at radius 2 is 2.16 bits per heavy atom. The lowest BCUT2D eigenvalue weighted by Crippen LogP contribution is -2.58. The number of ether oxygens (including phenoxy) is 1. The Hall–Kier alpha value is -1.39. The van der Waals surface area contributed by atoms with Crippen LogP contribution in [0, 0.1) is 5.92 Å². The molecule has 0 radical (unpaired) electrons. The molecule has 1 aliphatic heterocycles. The van der Waals surface area contributed by atoms with Crippen molar-refractivity contribution in [2.45, 2.75) is 44.0 Å². The monoisotopic (exact) mass is 262 g/mol. The summed E-state index contributed by atoms with van der Waals surface area (Å²) in [4.78, 5) is 11.7. The molecule has 3 aliphatic rings. The smallest absolute Gasteiger partial charge is 0.334 e. The van der Waals surface area contributed by atoms with Crippen LogP contribution in [0.3, 0.4) is 0 Å². The predicted molar refractivity (Wildman–Crippen MR) is 69.2 cm³/mol. The second-order valence-electron chi connectivity index (χ2n) is 5.94. The van der Waals surface area contributed by atoms with Gasteiger partial charge in [-0.2, -0.15) is 0 Å². The standard InChI is InChI=1S/C15H18O4/c1-8-4-5-10-9(2)13(16)19-12(10)15(18)11(8)6-7-14(15,3)17/h6-7,10,12,17-18H,2,4-5H2,1,3H3/t10-,12-,14-,15+/m0/s1. The molecule has 0 aromatic heterocycles. The van der Waals surface area contributed by atoms with Crippen LogP contribution < -0.4 is 0 Å². The molecule has 0 bridgehead atoms. The lowest BCUT2D eigenvalue weighted by molar-refractivity contribution is -0.172. The molecule has 4 heteroatoms. The number of allylic oxidation sites excluding steroid dienone is 1. The average Bonchev–Trinajstić information content (AvgIpc) is 2.71. The van der Waals surface area contributed by atoms with E-state index in [1.165, 1.54) is 0 Å². The third-order valence-electron chi connectivity index (χ3n) is 4.77. The van der Waals surface area contributed by atoms with E-state index in [4.69, 9.17) is 4.74 Å². The highest BCUT2D eigenvalue weighted by Gasteiger charge is 2.63. The van der Waals surface area contributed by atoms with Gasteiger partial charge >= 0.3 is 5.97 Å². The van der Waals surface area contributed by atoms with Crippen molar-refractivity contribution in [3.05, 3.63) is 35.5 Å². The molecule has 0 saturated carbocycles. The van der Waals surface area contributed by atoms with Gasteiger partial charge in [0, 0.05) is 11.5 Å². The van der Waals surface area contributed by atoms with Crippen molar-refractivity contribution in [3.63, 3.8) is 0 Å². The maximum absolute atomic E-state index is 11.7. The second kappa shape index (κ2) is 3.58. The molecule has 0 aromatic carbocycles. The lowest BCUT2D eigenvalue weighted by atomic mass is 9.74. The minimum absolute atomic E-state index is 0.240. The Balaban J connectivity index is 2.18. The number of esters is 1. The highest BCUT2D eigenvalue weighted by molar-refractivity contribution is 5.91. The first kappa shape index (κ1) is 12.6. The van der Waals surface area contributed by atoms with Crippen LogP contribution in [0.1, 0.15) is 26.7 Å². The summed E-state index contributed by atoms with van der Waals surface area (Å²) in [5.41, 5.74) is -0.924. The minimum Gasteiger partial charge on any atom is -0.455 e. The van der Waals surface area contributed by atoms with Crippen LogP contribution in [-0.4, -0.2) is 33.5 Å². The Labute approximate surface area is 112 Å². The number of hydrogen-bond acceptors (Lipinski definition) is 4. The van der Waals surface area contributed by atoms with Crippen LogP contribution in [0.2, 0.25) is 0 Å². The summed E-state index contributed by atoms with van der Waals surface area (Å²) in [7, 11) is 0. The van der Waals surface area contributed by atoms with Crippen LogP contribution in [0.4, 0.5) is 0 Å². The first-order valence-electron chi connectivity index (χ1n) is 6.53. The number of carbonyl (C=O) groups excluding carboxylic acids is 1. The molecule has 0 unspecified atom stereocenters. The zero-order chi connectivity index (χ0) is 14.0. The van der Waals surface area contributed by atoms with Crippen molar-refractivity contribution in [2.24, 2.45) is 5.92 Å². The van der Waals surface area contributed by atoms with E-state index >= 15 is 0 Å². The van der Waals surface area contributed by atoms with Crippen LogP contribution in [0.15, 0.2) is 35.5 Å². The number of hydrogen-bond donors (Lipinski definition) is 2. The topological polar surface area (TPSA) is 66.8 Å². The van der Waals surface area contributed by atoms with Crippen molar-refractivity contribution in [1.82, 2.24) is 0 Å². The van der Waals surface area contributed by atoms with Gasteiger partial charge < -0.3 is 14.9 Å². The van der Waals surface area contributed by atoms with E-state index in [0.29, 0.717) is 17.6 Å². The molecule has 4 nitrogen and oxygen atoms in total. The molecule has 1 heterocycles. The Kier molecular flexibility index (Phi) is 2.38. The number of fused-ring (bicyclic) bond motifs is 3. The fourth-order valence-electron chi connectivity index (χ4n) is 3.50. The zero-order valence-electron chi connectivity index (χ0n) is 11.1. The van der Waals surface area contributed by atoms with Crippen molar-refractivity contribution < 1.29 is 19.7 Å². The summed E-state index contributed by atoms with van der Waals surface area (Å²) in [5.74, 6) is -0.707. The van der Waals surface area contributed by atoms with Gasteiger partial charge in [0.25, 0.3) is 0 Å². The minimum atomic E-state index is -1.58. The molecule has 2 N–H and O–H groups in total. The average molecular weight is 262 g/mol. The fraction of sp³-hybridized carbons (Fsp3) is 0.533. The summed E-state index contributed by atoms with van der Waals surface area (Å²) < 4.78 is 5.34. The normalized spacial score (nSPS) is 45.1. The number of aliphatic hydroxyl groups is 2. The lowest BCUT2D eigenvalue weighted by Gasteiger charge is -2.41. The maximum atomic E-state index is 11.7. The molecular formula is C15H18O4. The van der Waals surface area contributed by atoms with E-state index in [1.807, 2.05) is 6.92 Å². The first-order chi connectivity index (χ1) is 8.79. The summed E-state index contributed by atoms with van der Waals surface area (Å²) in [6.45, 7) is 7.26. The van der Waals surface area contributed by atoms with Gasteiger partial charge in [-0.15, -0.1) is 0 Å². The molecule has 0 spiro atoms. The van der Waals surface area contributed by atoms with Gasteiger partial charge in [-0.05, 0) is 38.3 Å². The van der Waals surface area contributed by atoms with Crippen LogP contribution in [0.5, 0.6) is 0 Å². The molecule has 1 saturated heterocycles. The van der Waals surface area contributed by atoms with Gasteiger partial charge in [0.15, 0.2) is 5.60 Å². The van der Waals surface area contributed by atoms with E-state index in [0.717, 1.165) is 12.0 Å². The quantitative estimate of drug-likeness (QED) is 0.509. The van der Waals surface area contributed by atoms with Gasteiger partial charge in [-0.1, -0.05) is 18.2 Å². The largest absolute Gasteiger partial charge is 0.455 e. The molecular weight excluding hydrogens is 244 g/mol. The van der Waals surface area contributed by atoms with E-state index in [-0.39, 0.29) is 5.92 Å². The highest BCUT2D eigenvalue weighted by Crippen LogP contribution is 2.51. The Morgan fingerprint density at radius 3 is 2.84 bits per heavy atom. The van der Waals surface area contributed by atoms with Crippen molar-refractivity contribution >= 4 is 5.97 Å². The Morgan fingerprint density at radius 1 is 1.47 bits per heavy atom. The second-order valence-corrected chi connectivity index (χ2v) is 5.94. The highest BCUT2D eigenvalue weighted by atomic mass is 16.6. The summed E-state index contributed by atoms with van der Waals surface area (Å²) in [6, 6.07) is 0. The number of rotatable bonds is 0. The molecule has 19 heavy (non-hydrogen) atoms. The van der Waals surface area contributed by atoms with Crippen LogP contribution in [-0.2, 0) is 9.53 Å². The van der Waals surface area contributed by atoms with E-state index < -0.39 is 23.3 Å². The van der Waals surface area contributed by atoms with Crippen LogP contribution in [0.25, 0.3) is 0 Å². The molecule has 4 atom stereocenters. The van der Waals surface area contributed by atoms with E-state index in [9.17, 15) is 15.0 Å². The number of carbonyl (C=O) groups is 1. The molecule has 102 valence electrons. The summed E-state index contributed by atoms with van der Waals surface area (Å²) in [5, 5.41) is 21.6. The first-order valence-corrected chi connectivity index (χ1v) is 6.53. The summed E-state index contributed by atoms with van der Waals surface area (Å²) in [6.07, 6.45) is 4.02. The van der Waals surface area contributed by atoms with Gasteiger partial charge in [-0.25, -0.2) is 4.79 Å². The third-order valence-corrected chi connectivity index (χ3v) is 4.77. The van der Waals surface area contributed by atoms with Gasteiger partial charge in [-0.3, -0.25) is 0 Å². The molecule has 0 amide bonds. The molecule has 2 aliphatic carbocycles. The third kappa shape index (κ3) is 1.38. The van der Waals surface area contributed by atoms with Crippen molar-refractivity contribution in [2.75, 3.05) is 0 Å². The Bertz CT molecular complexity index is 540. The van der Waals surface area contributed by atoms with Gasteiger partial charge in [0.05, 0.1) is 0 Å². The van der Waals surface area contributed by atoms with Gasteiger partial charge in [0.2, 0.25) is 0 Å². The van der Waals surface area contributed by atoms with Crippen LogP contribution >= 0.6 is 0 Å². The predicted octanol–water partition coefficient (Wildman–Crippen LogP) is 1.25. The zero-order valence-corrected chi connectivity index (χ0v) is 11.1. The molecule has 3 rings (SSSR count). The molecule has 0 aromatic rings. The summed E-state index contributed by atoms with van der Waals surface area (Å²) >= 11 is 0. The van der Waals surface area contributed by atoms with Crippen molar-refractivity contribution in [3.8, 4) is 0 Å². The molecule has 1 fully saturated rings. The van der Waals surface area contributed by atoms with Gasteiger partial charge in [0.1, 0.15) is 11.7 Å². The van der Waals surface area contributed by atoms with E-state index in [2.05, 4.69) is 6.58 Å². The fourth-order valence-corrected chi connectivity index (χ4v) is 3.50. The SMILES string of the molecule is C=C1C(=O)O[C@H]2[C@H]1CCC(C)=C1C=C[C@](C)(O)[C@@]12O. The van der Waals surface area contributed by atoms with Crippen molar-refractivity contribution in [1.29, 1.82) is 0 Å². The maximum Gasteiger partial charge on any atom is 0.334 e.